The molecule has 2 aromatic rings. The molecule has 0 saturated heterocycles. The maximum atomic E-state index is 12.5. The number of nitrogens with zero attached hydrogens (tertiary/aromatic N) is 2. The zero-order valence-corrected chi connectivity index (χ0v) is 14.1. The molecule has 1 aliphatic carbocycles. The second kappa shape index (κ2) is 6.22. The number of H-pyrrole nitrogens is 1. The number of hydrogen-bond donors (Lipinski definition) is 1. The second-order valence-electron chi connectivity index (χ2n) is 5.57. The molecule has 5 nitrogen and oxygen atoms in total. The fraction of sp³-hybridized carbons (Fsp3) is 0.375. The average Bonchev–Trinajstić information content (AvgIpc) is 2.95. The van der Waals surface area contributed by atoms with Gasteiger partial charge in [0.25, 0.3) is 5.91 Å². The summed E-state index contributed by atoms with van der Waals surface area (Å²) in [4.78, 5) is 14.3. The lowest BCUT2D eigenvalue weighted by atomic mass is 9.88. The highest BCUT2D eigenvalue weighted by Gasteiger charge is 2.34. The number of halogens is 1. The number of aromatic nitrogens is 2. The molecule has 1 heterocycles. The van der Waals surface area contributed by atoms with Gasteiger partial charge in [0, 0.05) is 30.2 Å². The van der Waals surface area contributed by atoms with Gasteiger partial charge in [-0.2, -0.15) is 5.10 Å². The first-order chi connectivity index (χ1) is 10.6. The molecule has 22 heavy (non-hydrogen) atoms. The van der Waals surface area contributed by atoms with Gasteiger partial charge in [-0.1, -0.05) is 28.1 Å². The Morgan fingerprint density at radius 3 is 2.68 bits per heavy atom. The number of hydrogen-bond acceptors (Lipinski definition) is 3. The molecule has 1 amide bonds. The summed E-state index contributed by atoms with van der Waals surface area (Å²) in [5.41, 5.74) is 2.26. The number of aromatic amines is 1. The predicted octanol–water partition coefficient (Wildman–Crippen LogP) is 3.09. The second-order valence-corrected chi connectivity index (χ2v) is 6.49. The van der Waals surface area contributed by atoms with Crippen LogP contribution in [0.5, 0.6) is 0 Å². The maximum Gasteiger partial charge on any atom is 0.271 e. The van der Waals surface area contributed by atoms with Crippen molar-refractivity contribution in [2.45, 2.75) is 25.0 Å². The summed E-state index contributed by atoms with van der Waals surface area (Å²) in [5.74, 6) is -0.0320. The molecule has 1 fully saturated rings. The lowest BCUT2D eigenvalue weighted by Crippen LogP contribution is -2.48. The smallest absolute Gasteiger partial charge is 0.271 e. The van der Waals surface area contributed by atoms with E-state index in [0.717, 1.165) is 28.6 Å². The van der Waals surface area contributed by atoms with Crippen LogP contribution in [0.4, 0.5) is 0 Å². The molecule has 1 aromatic carbocycles. The first kappa shape index (κ1) is 15.2. The third-order valence-electron chi connectivity index (χ3n) is 4.22. The number of carbonyl (C=O) groups excluding carboxylic acids is 1. The van der Waals surface area contributed by atoms with Crippen molar-refractivity contribution in [3.05, 3.63) is 40.5 Å². The van der Waals surface area contributed by atoms with Gasteiger partial charge >= 0.3 is 0 Å². The van der Waals surface area contributed by atoms with E-state index in [0.29, 0.717) is 5.69 Å². The first-order valence-corrected chi connectivity index (χ1v) is 7.99. The van der Waals surface area contributed by atoms with Gasteiger partial charge in [-0.3, -0.25) is 9.89 Å². The van der Waals surface area contributed by atoms with E-state index in [1.54, 1.807) is 18.1 Å². The lowest BCUT2D eigenvalue weighted by molar-refractivity contribution is -0.0146. The Labute approximate surface area is 137 Å². The van der Waals surface area contributed by atoms with E-state index >= 15 is 0 Å². The molecular weight excluding hydrogens is 346 g/mol. The summed E-state index contributed by atoms with van der Waals surface area (Å²) in [7, 11) is 3.54. The number of amides is 1. The van der Waals surface area contributed by atoms with Gasteiger partial charge in [-0.25, -0.2) is 0 Å². The zero-order valence-electron chi connectivity index (χ0n) is 12.5. The van der Waals surface area contributed by atoms with Crippen LogP contribution in [0.1, 0.15) is 23.3 Å². The summed E-state index contributed by atoms with van der Waals surface area (Å²) in [6.45, 7) is 0. The van der Waals surface area contributed by atoms with E-state index in [1.807, 2.05) is 31.3 Å². The maximum absolute atomic E-state index is 12.5. The van der Waals surface area contributed by atoms with Crippen LogP contribution in [-0.4, -0.2) is 47.3 Å². The van der Waals surface area contributed by atoms with Crippen molar-refractivity contribution in [2.24, 2.45) is 0 Å². The highest BCUT2D eigenvalue weighted by Crippen LogP contribution is 2.28. The van der Waals surface area contributed by atoms with Crippen molar-refractivity contribution < 1.29 is 9.53 Å². The Bertz CT molecular complexity index is 662. The minimum absolute atomic E-state index is 0.0320. The van der Waals surface area contributed by atoms with E-state index in [4.69, 9.17) is 4.74 Å². The van der Waals surface area contributed by atoms with Crippen LogP contribution in [0.3, 0.4) is 0 Å². The molecular formula is C16H18BrN3O2. The number of rotatable bonds is 4. The van der Waals surface area contributed by atoms with Crippen LogP contribution in [-0.2, 0) is 4.74 Å². The molecule has 6 heteroatoms. The van der Waals surface area contributed by atoms with E-state index in [-0.39, 0.29) is 18.1 Å². The Morgan fingerprint density at radius 1 is 1.36 bits per heavy atom. The fourth-order valence-corrected chi connectivity index (χ4v) is 2.87. The summed E-state index contributed by atoms with van der Waals surface area (Å²) < 4.78 is 6.28. The molecule has 1 N–H and O–H groups in total. The van der Waals surface area contributed by atoms with Gasteiger partial charge in [0.1, 0.15) is 5.69 Å². The third kappa shape index (κ3) is 2.94. The fourth-order valence-electron chi connectivity index (χ4n) is 2.60. The first-order valence-electron chi connectivity index (χ1n) is 7.20. The Balaban J connectivity index is 1.70. The molecule has 116 valence electrons. The number of nitrogens with one attached hydrogen (secondary N) is 1. The van der Waals surface area contributed by atoms with Crippen molar-refractivity contribution >= 4 is 21.8 Å². The van der Waals surface area contributed by atoms with Crippen molar-refractivity contribution in [3.63, 3.8) is 0 Å². The Morgan fingerprint density at radius 2 is 2.05 bits per heavy atom. The molecule has 1 aliphatic rings. The van der Waals surface area contributed by atoms with Crippen molar-refractivity contribution in [1.29, 1.82) is 0 Å². The van der Waals surface area contributed by atoms with Crippen LogP contribution in [0, 0.1) is 0 Å². The largest absolute Gasteiger partial charge is 0.381 e. The van der Waals surface area contributed by atoms with Gasteiger partial charge in [-0.15, -0.1) is 0 Å². The summed E-state index contributed by atoms with van der Waals surface area (Å²) >= 11 is 3.41. The van der Waals surface area contributed by atoms with Crippen LogP contribution < -0.4 is 0 Å². The molecule has 0 bridgehead atoms. The third-order valence-corrected chi connectivity index (χ3v) is 4.75. The van der Waals surface area contributed by atoms with E-state index < -0.39 is 0 Å². The van der Waals surface area contributed by atoms with Gasteiger partial charge in [0.2, 0.25) is 0 Å². The van der Waals surface area contributed by atoms with Crippen LogP contribution in [0.25, 0.3) is 11.3 Å². The number of carbonyl (C=O) groups is 1. The molecule has 0 unspecified atom stereocenters. The topological polar surface area (TPSA) is 58.2 Å². The Kier molecular flexibility index (Phi) is 4.31. The van der Waals surface area contributed by atoms with Crippen LogP contribution >= 0.6 is 15.9 Å². The number of ether oxygens (including phenoxy) is 1. The Hall–Kier alpha value is -1.66. The highest BCUT2D eigenvalue weighted by atomic mass is 79.9. The SMILES string of the molecule is COC1CC(N(C)C(=O)c2cc(-c3ccc(Br)cc3)n[nH]2)C1. The van der Waals surface area contributed by atoms with Crippen molar-refractivity contribution in [3.8, 4) is 11.3 Å². The standard InChI is InChI=1S/C16H18BrN3O2/c1-20(12-7-13(8-12)22-2)16(21)15-9-14(18-19-15)10-3-5-11(17)6-4-10/h3-6,9,12-13H,7-8H2,1-2H3,(H,18,19). The summed E-state index contributed by atoms with van der Waals surface area (Å²) in [6, 6.07) is 9.89. The monoisotopic (exact) mass is 363 g/mol. The molecule has 0 radical (unpaired) electrons. The molecule has 3 rings (SSSR count). The van der Waals surface area contributed by atoms with Crippen LogP contribution in [0.2, 0.25) is 0 Å². The quantitative estimate of drug-likeness (QED) is 0.907. The average molecular weight is 364 g/mol. The minimum atomic E-state index is -0.0320. The normalized spacial score (nSPS) is 20.5. The van der Waals surface area contributed by atoms with Crippen LogP contribution in [0.15, 0.2) is 34.8 Å². The molecule has 0 atom stereocenters. The van der Waals surface area contributed by atoms with E-state index in [1.165, 1.54) is 0 Å². The zero-order chi connectivity index (χ0) is 15.7. The van der Waals surface area contributed by atoms with E-state index in [9.17, 15) is 4.79 Å². The summed E-state index contributed by atoms with van der Waals surface area (Å²) in [5, 5.41) is 7.08. The lowest BCUT2D eigenvalue weighted by Gasteiger charge is -2.40. The minimum Gasteiger partial charge on any atom is -0.381 e. The molecule has 0 aliphatic heterocycles. The van der Waals surface area contributed by atoms with Crippen molar-refractivity contribution in [1.82, 2.24) is 15.1 Å². The molecule has 1 saturated carbocycles. The van der Waals surface area contributed by atoms with Gasteiger partial charge in [-0.05, 0) is 31.0 Å². The van der Waals surface area contributed by atoms with E-state index in [2.05, 4.69) is 26.1 Å². The number of benzene rings is 1. The number of methoxy groups -OCH3 is 1. The van der Waals surface area contributed by atoms with Gasteiger partial charge in [0.15, 0.2) is 0 Å². The predicted molar refractivity (Wildman–Crippen MR) is 87.6 cm³/mol. The van der Waals surface area contributed by atoms with Gasteiger partial charge < -0.3 is 9.64 Å². The summed E-state index contributed by atoms with van der Waals surface area (Å²) in [6.07, 6.45) is 2.07. The molecule has 0 spiro atoms. The molecule has 1 aromatic heterocycles. The van der Waals surface area contributed by atoms with Crippen molar-refractivity contribution in [2.75, 3.05) is 14.2 Å². The highest BCUT2D eigenvalue weighted by molar-refractivity contribution is 9.10. The van der Waals surface area contributed by atoms with Gasteiger partial charge in [0.05, 0.1) is 11.8 Å².